The van der Waals surface area contributed by atoms with Crippen LogP contribution in [0.2, 0.25) is 0 Å². The van der Waals surface area contributed by atoms with Crippen LogP contribution in [-0.2, 0) is 0 Å². The van der Waals surface area contributed by atoms with Gasteiger partial charge in [-0.15, -0.1) is 0 Å². The van der Waals surface area contributed by atoms with Gasteiger partial charge in [-0.2, -0.15) is 0 Å². The highest BCUT2D eigenvalue weighted by molar-refractivity contribution is 5.33. The highest BCUT2D eigenvalue weighted by Crippen LogP contribution is 2.42. The maximum absolute atomic E-state index is 10.7. The highest BCUT2D eigenvalue weighted by Gasteiger charge is 2.33. The summed E-state index contributed by atoms with van der Waals surface area (Å²) >= 11 is 0. The molecule has 0 aliphatic heterocycles. The predicted octanol–water partition coefficient (Wildman–Crippen LogP) is 5.01. The Labute approximate surface area is 118 Å². The van der Waals surface area contributed by atoms with E-state index in [9.17, 15) is 5.11 Å². The van der Waals surface area contributed by atoms with Crippen molar-refractivity contribution in [1.29, 1.82) is 0 Å². The molecule has 2 aliphatic carbocycles. The van der Waals surface area contributed by atoms with Crippen molar-refractivity contribution in [3.05, 3.63) is 23.3 Å². The van der Waals surface area contributed by atoms with Crippen molar-refractivity contribution >= 4 is 0 Å². The van der Waals surface area contributed by atoms with Crippen LogP contribution in [0.4, 0.5) is 0 Å². The second-order valence-corrected chi connectivity index (χ2v) is 7.47. The van der Waals surface area contributed by atoms with E-state index in [2.05, 4.69) is 32.9 Å². The van der Waals surface area contributed by atoms with Crippen molar-refractivity contribution in [2.75, 3.05) is 0 Å². The van der Waals surface area contributed by atoms with E-state index in [1.165, 1.54) is 56.1 Å². The lowest BCUT2D eigenvalue weighted by atomic mass is 9.72. The molecule has 1 fully saturated rings. The van der Waals surface area contributed by atoms with Gasteiger partial charge in [0.25, 0.3) is 0 Å². The Kier molecular flexibility index (Phi) is 4.25. The summed E-state index contributed by atoms with van der Waals surface area (Å²) in [5, 5.41) is 10.7. The smallest absolute Gasteiger partial charge is 0.0830 e. The van der Waals surface area contributed by atoms with E-state index in [-0.39, 0.29) is 5.41 Å². The zero-order valence-electron chi connectivity index (χ0n) is 13.1. The van der Waals surface area contributed by atoms with Crippen LogP contribution in [0.25, 0.3) is 0 Å². The first-order chi connectivity index (χ1) is 8.83. The van der Waals surface area contributed by atoms with Crippen molar-refractivity contribution in [1.82, 2.24) is 0 Å². The van der Waals surface area contributed by atoms with Gasteiger partial charge in [0.2, 0.25) is 0 Å². The molecule has 2 rings (SSSR count). The highest BCUT2D eigenvalue weighted by atomic mass is 16.3. The van der Waals surface area contributed by atoms with E-state index in [1.807, 2.05) is 6.92 Å². The molecule has 0 aromatic heterocycles. The summed E-state index contributed by atoms with van der Waals surface area (Å²) in [6.45, 7) is 8.91. The van der Waals surface area contributed by atoms with Crippen LogP contribution in [0.1, 0.15) is 72.6 Å². The van der Waals surface area contributed by atoms with Crippen LogP contribution in [0.3, 0.4) is 0 Å². The van der Waals surface area contributed by atoms with Crippen molar-refractivity contribution in [3.63, 3.8) is 0 Å². The summed E-state index contributed by atoms with van der Waals surface area (Å²) in [6.07, 6.45) is 13.0. The normalized spacial score (nSPS) is 28.1. The first-order valence-corrected chi connectivity index (χ1v) is 7.95. The Morgan fingerprint density at radius 2 is 1.84 bits per heavy atom. The monoisotopic (exact) mass is 262 g/mol. The fraction of sp³-hybridized carbons (Fsp3) is 0.778. The quantitative estimate of drug-likeness (QED) is 0.758. The van der Waals surface area contributed by atoms with E-state index >= 15 is 0 Å². The van der Waals surface area contributed by atoms with Crippen molar-refractivity contribution in [3.8, 4) is 0 Å². The molecule has 1 heteroatoms. The molecule has 0 bridgehead atoms. The molecule has 1 nitrogen and oxygen atoms in total. The number of aliphatic hydroxyl groups is 1. The average molecular weight is 262 g/mol. The standard InChI is InChI=1S/C18H30O/c1-14-8-7-12-17(2,3)16(14)11-13-18(4,19)15-9-5-6-10-15/h11,13,15,19H,5-10,12H2,1-4H3. The lowest BCUT2D eigenvalue weighted by molar-refractivity contribution is 0.0490. The van der Waals surface area contributed by atoms with Crippen molar-refractivity contribution in [2.24, 2.45) is 11.3 Å². The Morgan fingerprint density at radius 1 is 1.21 bits per heavy atom. The van der Waals surface area contributed by atoms with E-state index in [0.717, 1.165) is 0 Å². The molecule has 0 aromatic rings. The fourth-order valence-corrected chi connectivity index (χ4v) is 3.91. The molecule has 1 atom stereocenters. The molecule has 0 amide bonds. The SMILES string of the molecule is CC1=C(C=CC(C)(O)C2CCCC2)C(C)(C)CCC1. The molecule has 19 heavy (non-hydrogen) atoms. The molecule has 108 valence electrons. The van der Waals surface area contributed by atoms with Crippen molar-refractivity contribution < 1.29 is 5.11 Å². The maximum atomic E-state index is 10.7. The van der Waals surface area contributed by atoms with Gasteiger partial charge in [-0.3, -0.25) is 0 Å². The molecule has 1 unspecified atom stereocenters. The molecule has 0 aromatic carbocycles. The molecular weight excluding hydrogens is 232 g/mol. The topological polar surface area (TPSA) is 20.2 Å². The summed E-state index contributed by atoms with van der Waals surface area (Å²) in [6, 6.07) is 0. The predicted molar refractivity (Wildman–Crippen MR) is 82.1 cm³/mol. The average Bonchev–Trinajstić information content (AvgIpc) is 2.81. The molecule has 0 heterocycles. The van der Waals surface area contributed by atoms with Crippen LogP contribution >= 0.6 is 0 Å². The zero-order valence-corrected chi connectivity index (χ0v) is 13.1. The van der Waals surface area contributed by atoms with E-state index in [1.54, 1.807) is 0 Å². The van der Waals surface area contributed by atoms with Gasteiger partial charge in [0.15, 0.2) is 0 Å². The van der Waals surface area contributed by atoms with Crippen LogP contribution in [-0.4, -0.2) is 10.7 Å². The molecular formula is C18H30O. The Hall–Kier alpha value is -0.560. The first kappa shape index (κ1) is 14.8. The van der Waals surface area contributed by atoms with Gasteiger partial charge in [-0.05, 0) is 62.9 Å². The molecule has 1 N–H and O–H groups in total. The number of hydrogen-bond acceptors (Lipinski definition) is 1. The third kappa shape index (κ3) is 3.31. The molecule has 0 saturated heterocycles. The summed E-state index contributed by atoms with van der Waals surface area (Å²) in [4.78, 5) is 0. The van der Waals surface area contributed by atoms with Crippen LogP contribution in [0, 0.1) is 11.3 Å². The minimum Gasteiger partial charge on any atom is -0.386 e. The largest absolute Gasteiger partial charge is 0.386 e. The van der Waals surface area contributed by atoms with E-state index in [4.69, 9.17) is 0 Å². The molecule has 0 spiro atoms. The number of hydrogen-bond donors (Lipinski definition) is 1. The summed E-state index contributed by atoms with van der Waals surface area (Å²) in [5.41, 5.74) is 2.61. The Morgan fingerprint density at radius 3 is 2.42 bits per heavy atom. The van der Waals surface area contributed by atoms with Gasteiger partial charge in [-0.1, -0.05) is 44.4 Å². The number of rotatable bonds is 3. The summed E-state index contributed by atoms with van der Waals surface area (Å²) < 4.78 is 0. The Bertz CT molecular complexity index is 378. The maximum Gasteiger partial charge on any atom is 0.0830 e. The second-order valence-electron chi connectivity index (χ2n) is 7.47. The van der Waals surface area contributed by atoms with Gasteiger partial charge < -0.3 is 5.11 Å². The third-order valence-electron chi connectivity index (χ3n) is 5.31. The zero-order chi connectivity index (χ0) is 14.1. The van der Waals surface area contributed by atoms with Crippen LogP contribution < -0.4 is 0 Å². The molecule has 2 aliphatic rings. The summed E-state index contributed by atoms with van der Waals surface area (Å²) in [5.74, 6) is 0.455. The van der Waals surface area contributed by atoms with E-state index < -0.39 is 5.60 Å². The second kappa shape index (κ2) is 5.44. The Balaban J connectivity index is 2.16. The van der Waals surface area contributed by atoms with Gasteiger partial charge in [0.05, 0.1) is 5.60 Å². The minimum absolute atomic E-state index is 0.268. The lowest BCUT2D eigenvalue weighted by Crippen LogP contribution is -2.30. The number of allylic oxidation sites excluding steroid dienone is 3. The van der Waals surface area contributed by atoms with Gasteiger partial charge in [0.1, 0.15) is 0 Å². The van der Waals surface area contributed by atoms with E-state index in [0.29, 0.717) is 5.92 Å². The van der Waals surface area contributed by atoms with Gasteiger partial charge >= 0.3 is 0 Å². The third-order valence-corrected chi connectivity index (χ3v) is 5.31. The van der Waals surface area contributed by atoms with Gasteiger partial charge in [0, 0.05) is 0 Å². The lowest BCUT2D eigenvalue weighted by Gasteiger charge is -2.34. The fourth-order valence-electron chi connectivity index (χ4n) is 3.91. The first-order valence-electron chi connectivity index (χ1n) is 7.95. The van der Waals surface area contributed by atoms with Gasteiger partial charge in [-0.25, -0.2) is 0 Å². The summed E-state index contributed by atoms with van der Waals surface area (Å²) in [7, 11) is 0. The molecule has 0 radical (unpaired) electrons. The minimum atomic E-state index is -0.628. The van der Waals surface area contributed by atoms with Crippen LogP contribution in [0.5, 0.6) is 0 Å². The molecule has 1 saturated carbocycles. The van der Waals surface area contributed by atoms with Crippen LogP contribution in [0.15, 0.2) is 23.3 Å². The van der Waals surface area contributed by atoms with Crippen molar-refractivity contribution in [2.45, 2.75) is 78.2 Å².